The third-order valence-electron chi connectivity index (χ3n) is 7.54. The second-order valence-corrected chi connectivity index (χ2v) is 10.1. The van der Waals surface area contributed by atoms with Crippen LogP contribution in [-0.4, -0.2) is 42.9 Å². The third-order valence-corrected chi connectivity index (χ3v) is 7.54. The van der Waals surface area contributed by atoms with Crippen LogP contribution in [0.2, 0.25) is 0 Å². The van der Waals surface area contributed by atoms with Crippen molar-refractivity contribution in [3.05, 3.63) is 113 Å². The smallest absolute Gasteiger partial charge is 0.148 e. The summed E-state index contributed by atoms with van der Waals surface area (Å²) in [5.74, 6) is 2.59. The Morgan fingerprint density at radius 2 is 1.72 bits per heavy atom. The molecule has 1 aromatic heterocycles. The van der Waals surface area contributed by atoms with E-state index in [1.54, 1.807) is 14.2 Å². The minimum atomic E-state index is 0.338. The molecule has 0 saturated heterocycles. The van der Waals surface area contributed by atoms with E-state index >= 15 is 0 Å². The van der Waals surface area contributed by atoms with Crippen LogP contribution in [-0.2, 0) is 13.1 Å². The van der Waals surface area contributed by atoms with Crippen LogP contribution in [0.25, 0.3) is 22.0 Å². The molecule has 6 nitrogen and oxygen atoms in total. The van der Waals surface area contributed by atoms with E-state index in [4.69, 9.17) is 9.47 Å². The SMILES string of the molecule is COc1ccc(CNc2ccc(-c3ccc4c(c3)CN(C)CC4c3ccc4ccccc4c3)nn2)c(OC)c1. The lowest BCUT2D eigenvalue weighted by atomic mass is 9.83. The quantitative estimate of drug-likeness (QED) is 0.266. The lowest BCUT2D eigenvalue weighted by Crippen LogP contribution is -2.31. The molecule has 4 aromatic carbocycles. The van der Waals surface area contributed by atoms with E-state index in [1.165, 1.54) is 27.5 Å². The fourth-order valence-electron chi connectivity index (χ4n) is 5.48. The number of hydrogen-bond donors (Lipinski definition) is 1. The van der Waals surface area contributed by atoms with Crippen LogP contribution >= 0.6 is 0 Å². The standard InChI is InChI=1S/C33H32N4O2/c1-37-20-27-17-25(11-13-29(27)30(21-37)24-9-8-22-6-4-5-7-23(22)16-24)31-14-15-33(36-35-31)34-19-26-10-12-28(38-2)18-32(26)39-3/h4-18,30H,19-21H2,1-3H3,(H,34,36). The van der Waals surface area contributed by atoms with Crippen LogP contribution in [0.4, 0.5) is 5.82 Å². The van der Waals surface area contributed by atoms with Gasteiger partial charge in [0.1, 0.15) is 17.3 Å². The first-order valence-electron chi connectivity index (χ1n) is 13.2. The lowest BCUT2D eigenvalue weighted by molar-refractivity contribution is 0.295. The topological polar surface area (TPSA) is 59.5 Å². The number of likely N-dealkylation sites (N-methyl/N-ethyl adjacent to an activating group) is 1. The highest BCUT2D eigenvalue weighted by atomic mass is 16.5. The van der Waals surface area contributed by atoms with Crippen molar-refractivity contribution >= 4 is 16.6 Å². The molecule has 5 aromatic rings. The highest BCUT2D eigenvalue weighted by Crippen LogP contribution is 2.36. The molecule has 1 N–H and O–H groups in total. The monoisotopic (exact) mass is 516 g/mol. The molecule has 6 rings (SSSR count). The Bertz CT molecular complexity index is 1620. The average Bonchev–Trinajstić information content (AvgIpc) is 2.99. The summed E-state index contributed by atoms with van der Waals surface area (Å²) in [5, 5.41) is 14.9. The Morgan fingerprint density at radius 3 is 2.51 bits per heavy atom. The van der Waals surface area contributed by atoms with Crippen molar-refractivity contribution in [3.8, 4) is 22.8 Å². The molecule has 1 aliphatic rings. The van der Waals surface area contributed by atoms with Crippen LogP contribution in [0.5, 0.6) is 11.5 Å². The fraction of sp³-hybridized carbons (Fsp3) is 0.212. The molecule has 1 atom stereocenters. The Hall–Kier alpha value is -4.42. The van der Waals surface area contributed by atoms with E-state index in [2.05, 4.69) is 88.1 Å². The molecule has 0 saturated carbocycles. The average molecular weight is 517 g/mol. The van der Waals surface area contributed by atoms with Crippen molar-refractivity contribution in [1.29, 1.82) is 0 Å². The second kappa shape index (κ2) is 10.8. The highest BCUT2D eigenvalue weighted by Gasteiger charge is 2.25. The predicted octanol–water partition coefficient (Wildman–Crippen LogP) is 6.50. The van der Waals surface area contributed by atoms with E-state index < -0.39 is 0 Å². The Kier molecular flexibility index (Phi) is 6.86. The first-order chi connectivity index (χ1) is 19.1. The van der Waals surface area contributed by atoms with E-state index in [0.29, 0.717) is 18.3 Å². The highest BCUT2D eigenvalue weighted by molar-refractivity contribution is 5.83. The first kappa shape index (κ1) is 24.9. The van der Waals surface area contributed by atoms with Crippen molar-refractivity contribution in [2.24, 2.45) is 0 Å². The summed E-state index contributed by atoms with van der Waals surface area (Å²) in [5.41, 5.74) is 7.06. The fourth-order valence-corrected chi connectivity index (χ4v) is 5.48. The van der Waals surface area contributed by atoms with Gasteiger partial charge in [-0.2, -0.15) is 0 Å². The number of fused-ring (bicyclic) bond motifs is 2. The molecule has 1 aliphatic heterocycles. The summed E-state index contributed by atoms with van der Waals surface area (Å²) in [4.78, 5) is 2.40. The Morgan fingerprint density at radius 1 is 0.846 bits per heavy atom. The molecule has 0 amide bonds. The van der Waals surface area contributed by atoms with Crippen molar-refractivity contribution in [3.63, 3.8) is 0 Å². The summed E-state index contributed by atoms with van der Waals surface area (Å²) < 4.78 is 10.8. The van der Waals surface area contributed by atoms with Crippen LogP contribution in [0, 0.1) is 0 Å². The number of aromatic nitrogens is 2. The van der Waals surface area contributed by atoms with E-state index in [9.17, 15) is 0 Å². The number of benzene rings is 4. The molecular formula is C33H32N4O2. The number of nitrogens with one attached hydrogen (secondary N) is 1. The van der Waals surface area contributed by atoms with Gasteiger partial charge in [-0.3, -0.25) is 0 Å². The van der Waals surface area contributed by atoms with E-state index in [0.717, 1.165) is 41.4 Å². The number of methoxy groups -OCH3 is 2. The van der Waals surface area contributed by atoms with Gasteiger partial charge < -0.3 is 19.7 Å². The molecule has 0 bridgehead atoms. The van der Waals surface area contributed by atoms with Crippen LogP contribution in [0.15, 0.2) is 91.0 Å². The maximum atomic E-state index is 5.50. The predicted molar refractivity (Wildman–Crippen MR) is 156 cm³/mol. The summed E-state index contributed by atoms with van der Waals surface area (Å²) in [6.45, 7) is 2.50. The van der Waals surface area contributed by atoms with Gasteiger partial charge in [0.25, 0.3) is 0 Å². The van der Waals surface area contributed by atoms with Gasteiger partial charge in [-0.05, 0) is 64.8 Å². The van der Waals surface area contributed by atoms with Gasteiger partial charge in [0.05, 0.1) is 19.9 Å². The first-order valence-corrected chi connectivity index (χ1v) is 13.2. The number of rotatable bonds is 7. The summed E-state index contributed by atoms with van der Waals surface area (Å²) in [6.07, 6.45) is 0. The van der Waals surface area contributed by atoms with Crippen molar-refractivity contribution in [2.75, 3.05) is 33.1 Å². The van der Waals surface area contributed by atoms with E-state index in [1.807, 2.05) is 30.3 Å². The lowest BCUT2D eigenvalue weighted by Gasteiger charge is -2.33. The summed E-state index contributed by atoms with van der Waals surface area (Å²) in [6, 6.07) is 32.0. The zero-order valence-electron chi connectivity index (χ0n) is 22.5. The van der Waals surface area contributed by atoms with Gasteiger partial charge in [0.2, 0.25) is 0 Å². The number of anilines is 1. The van der Waals surface area contributed by atoms with Crippen molar-refractivity contribution in [2.45, 2.75) is 19.0 Å². The van der Waals surface area contributed by atoms with Gasteiger partial charge in [-0.15, -0.1) is 10.2 Å². The molecule has 0 fully saturated rings. The van der Waals surface area contributed by atoms with Gasteiger partial charge in [0, 0.05) is 42.7 Å². The third kappa shape index (κ3) is 5.16. The van der Waals surface area contributed by atoms with Crippen LogP contribution in [0.3, 0.4) is 0 Å². The van der Waals surface area contributed by atoms with Crippen molar-refractivity contribution in [1.82, 2.24) is 15.1 Å². The van der Waals surface area contributed by atoms with Crippen LogP contribution in [0.1, 0.15) is 28.2 Å². The van der Waals surface area contributed by atoms with Crippen LogP contribution < -0.4 is 14.8 Å². The van der Waals surface area contributed by atoms with Crippen molar-refractivity contribution < 1.29 is 9.47 Å². The molecule has 0 radical (unpaired) electrons. The number of nitrogens with zero attached hydrogens (tertiary/aromatic N) is 3. The minimum Gasteiger partial charge on any atom is -0.497 e. The minimum absolute atomic E-state index is 0.338. The Labute approximate surface area is 229 Å². The van der Waals surface area contributed by atoms with Gasteiger partial charge in [-0.25, -0.2) is 0 Å². The molecule has 6 heteroatoms. The molecule has 196 valence electrons. The molecule has 0 spiro atoms. The maximum absolute atomic E-state index is 5.50. The summed E-state index contributed by atoms with van der Waals surface area (Å²) in [7, 11) is 5.50. The zero-order valence-corrected chi connectivity index (χ0v) is 22.5. The Balaban J connectivity index is 1.21. The molecule has 39 heavy (non-hydrogen) atoms. The van der Waals surface area contributed by atoms with Gasteiger partial charge in [0.15, 0.2) is 0 Å². The molecule has 0 aliphatic carbocycles. The number of ether oxygens (including phenoxy) is 2. The van der Waals surface area contributed by atoms with E-state index in [-0.39, 0.29) is 0 Å². The zero-order chi connectivity index (χ0) is 26.8. The normalized spacial score (nSPS) is 15.1. The van der Waals surface area contributed by atoms with Gasteiger partial charge in [-0.1, -0.05) is 54.6 Å². The molecule has 1 unspecified atom stereocenters. The number of hydrogen-bond acceptors (Lipinski definition) is 6. The molecule has 2 heterocycles. The maximum Gasteiger partial charge on any atom is 0.148 e. The largest absolute Gasteiger partial charge is 0.497 e. The summed E-state index contributed by atoms with van der Waals surface area (Å²) >= 11 is 0. The molecular weight excluding hydrogens is 484 g/mol. The van der Waals surface area contributed by atoms with Gasteiger partial charge >= 0.3 is 0 Å². The second-order valence-electron chi connectivity index (χ2n) is 10.1.